The Bertz CT molecular complexity index is 1610. The molecule has 0 aromatic heterocycles. The van der Waals surface area contributed by atoms with Crippen molar-refractivity contribution in [2.45, 2.75) is 89.5 Å². The maximum absolute atomic E-state index is 14.5. The molecule has 0 bridgehead atoms. The van der Waals surface area contributed by atoms with Crippen molar-refractivity contribution in [3.05, 3.63) is 108 Å². The van der Waals surface area contributed by atoms with Crippen LogP contribution in [-0.2, 0) is 50.6 Å². The molecule has 3 aromatic carbocycles. The van der Waals surface area contributed by atoms with Gasteiger partial charge in [0.15, 0.2) is 0 Å². The Morgan fingerprint density at radius 3 is 2.06 bits per heavy atom. The molecule has 280 valence electrons. The number of amides is 2. The highest BCUT2D eigenvalue weighted by molar-refractivity contribution is 7.54. The van der Waals surface area contributed by atoms with Crippen molar-refractivity contribution in [2.24, 2.45) is 0 Å². The Morgan fingerprint density at radius 2 is 1.44 bits per heavy atom. The van der Waals surface area contributed by atoms with Crippen LogP contribution in [0.2, 0.25) is 0 Å². The van der Waals surface area contributed by atoms with Crippen molar-refractivity contribution in [2.75, 3.05) is 20.2 Å². The van der Waals surface area contributed by atoms with E-state index in [1.165, 1.54) is 12.0 Å². The second-order valence-electron chi connectivity index (χ2n) is 12.5. The normalized spacial score (nSPS) is 16.3. The van der Waals surface area contributed by atoms with E-state index in [1.54, 1.807) is 30.3 Å². The highest BCUT2D eigenvalue weighted by Gasteiger charge is 2.45. The summed E-state index contributed by atoms with van der Waals surface area (Å²) in [4.78, 5) is 54.2. The van der Waals surface area contributed by atoms with Crippen molar-refractivity contribution in [3.8, 4) is 0 Å². The fraction of sp³-hybridized carbons (Fsp3) is 0.436. The molecule has 0 spiro atoms. The number of rotatable bonds is 20. The van der Waals surface area contributed by atoms with Gasteiger partial charge in [0, 0.05) is 20.2 Å². The lowest BCUT2D eigenvalue weighted by atomic mass is 10.1. The Kier molecular flexibility index (Phi) is 16.4. The minimum Gasteiger partial charge on any atom is -0.459 e. The second-order valence-corrected chi connectivity index (χ2v) is 14.7. The highest BCUT2D eigenvalue weighted by atomic mass is 31.2. The van der Waals surface area contributed by atoms with E-state index in [2.05, 4.69) is 5.32 Å². The minimum atomic E-state index is -4.27. The summed E-state index contributed by atoms with van der Waals surface area (Å²) in [5.74, 6) is -3.07. The number of ether oxygens (including phenoxy) is 3. The highest BCUT2D eigenvalue weighted by Crippen LogP contribution is 2.56. The van der Waals surface area contributed by atoms with Gasteiger partial charge in [0.1, 0.15) is 25.4 Å². The third kappa shape index (κ3) is 12.3. The lowest BCUT2D eigenvalue weighted by Gasteiger charge is -2.32. The van der Waals surface area contributed by atoms with E-state index in [1.807, 2.05) is 67.6 Å². The number of alkyl carbamates (subject to hydrolysis) is 1. The number of hydrogen-bond donors (Lipinski definition) is 1. The van der Waals surface area contributed by atoms with Crippen molar-refractivity contribution in [3.63, 3.8) is 0 Å². The minimum absolute atomic E-state index is 0.0592. The molecule has 0 saturated carbocycles. The third-order valence-corrected chi connectivity index (χ3v) is 10.7. The molecule has 13 heteroatoms. The molecule has 1 fully saturated rings. The number of carbonyl (C=O) groups excluding carboxylic acids is 4. The quantitative estimate of drug-likeness (QED) is 0.0538. The van der Waals surface area contributed by atoms with E-state index in [4.69, 9.17) is 23.3 Å². The molecule has 3 aromatic rings. The fourth-order valence-electron chi connectivity index (χ4n) is 5.76. The van der Waals surface area contributed by atoms with E-state index in [9.17, 15) is 23.7 Å². The Morgan fingerprint density at radius 1 is 0.827 bits per heavy atom. The lowest BCUT2D eigenvalue weighted by molar-refractivity contribution is -0.157. The van der Waals surface area contributed by atoms with Crippen LogP contribution in [0.25, 0.3) is 0 Å². The maximum atomic E-state index is 14.5. The molecule has 12 nitrogen and oxygen atoms in total. The first kappa shape index (κ1) is 40.3. The van der Waals surface area contributed by atoms with E-state index >= 15 is 0 Å². The predicted molar refractivity (Wildman–Crippen MR) is 194 cm³/mol. The van der Waals surface area contributed by atoms with Crippen LogP contribution >= 0.6 is 7.60 Å². The van der Waals surface area contributed by atoms with Crippen LogP contribution in [0.15, 0.2) is 91.0 Å². The van der Waals surface area contributed by atoms with Gasteiger partial charge in [-0.05, 0) is 68.2 Å². The topological polar surface area (TPSA) is 147 Å². The van der Waals surface area contributed by atoms with E-state index in [0.717, 1.165) is 11.1 Å². The summed E-state index contributed by atoms with van der Waals surface area (Å²) in [6, 6.07) is 26.0. The van der Waals surface area contributed by atoms with Crippen molar-refractivity contribution >= 4 is 31.5 Å². The Labute approximate surface area is 305 Å². The maximum Gasteiger partial charge on any atom is 0.407 e. The molecular weight excluding hydrogens is 687 g/mol. The molecule has 4 atom stereocenters. The number of likely N-dealkylation sites (tertiary alicyclic amines) is 1. The van der Waals surface area contributed by atoms with Gasteiger partial charge in [0.05, 0.1) is 5.56 Å². The van der Waals surface area contributed by atoms with E-state index < -0.39 is 49.5 Å². The zero-order chi connectivity index (χ0) is 37.2. The summed E-state index contributed by atoms with van der Waals surface area (Å²) in [5.41, 5.74) is 1.94. The van der Waals surface area contributed by atoms with Crippen LogP contribution in [0, 0.1) is 0 Å². The lowest BCUT2D eigenvalue weighted by Crippen LogP contribution is -2.47. The van der Waals surface area contributed by atoms with Crippen LogP contribution in [0.5, 0.6) is 0 Å². The van der Waals surface area contributed by atoms with Gasteiger partial charge in [-0.1, -0.05) is 92.2 Å². The molecule has 4 rings (SSSR count). The van der Waals surface area contributed by atoms with Gasteiger partial charge in [-0.3, -0.25) is 13.9 Å². The molecule has 2 amide bonds. The van der Waals surface area contributed by atoms with Gasteiger partial charge in [0.2, 0.25) is 5.85 Å². The summed E-state index contributed by atoms with van der Waals surface area (Å²) in [5, 5.41) is 2.70. The van der Waals surface area contributed by atoms with Crippen LogP contribution in [0.1, 0.15) is 79.8 Å². The molecule has 1 aliphatic heterocycles. The third-order valence-electron chi connectivity index (χ3n) is 8.62. The van der Waals surface area contributed by atoms with Gasteiger partial charge < -0.3 is 29.0 Å². The number of carbonyl (C=O) groups is 4. The van der Waals surface area contributed by atoms with Crippen LogP contribution in [0.4, 0.5) is 4.79 Å². The van der Waals surface area contributed by atoms with Gasteiger partial charge >= 0.3 is 25.6 Å². The summed E-state index contributed by atoms with van der Waals surface area (Å²) in [6.45, 7) is 2.66. The summed E-state index contributed by atoms with van der Waals surface area (Å²) in [6.07, 6.45) is 1.42. The number of nitrogens with one attached hydrogen (secondary N) is 1. The molecule has 52 heavy (non-hydrogen) atoms. The molecule has 1 saturated heterocycles. The van der Waals surface area contributed by atoms with Crippen LogP contribution < -0.4 is 5.32 Å². The molecule has 1 heterocycles. The number of esters is 2. The first-order valence-corrected chi connectivity index (χ1v) is 19.4. The van der Waals surface area contributed by atoms with Crippen LogP contribution in [0.3, 0.4) is 0 Å². The number of nitrogens with zero attached hydrogens (tertiary/aromatic N) is 1. The SMILES string of the molecule is CCCCC(OC(=O)c1ccccc1)P(=O)(OC)O[C@@H](CCCCNC(=O)OCc1ccccc1)C(=O)N1CCC[C@H]1C(=O)OCc1ccccc1. The molecule has 1 aliphatic rings. The fourth-order valence-corrected chi connectivity index (χ4v) is 7.49. The smallest absolute Gasteiger partial charge is 0.407 e. The zero-order valence-electron chi connectivity index (χ0n) is 29.9. The van der Waals surface area contributed by atoms with Crippen LogP contribution in [-0.4, -0.2) is 67.0 Å². The number of hydrogen-bond acceptors (Lipinski definition) is 10. The van der Waals surface area contributed by atoms with Crippen molar-refractivity contribution in [1.82, 2.24) is 10.2 Å². The Hall–Kier alpha value is -4.51. The van der Waals surface area contributed by atoms with E-state index in [-0.39, 0.29) is 44.7 Å². The summed E-state index contributed by atoms with van der Waals surface area (Å²) >= 11 is 0. The van der Waals surface area contributed by atoms with Gasteiger partial charge in [0.25, 0.3) is 5.91 Å². The first-order valence-electron chi connectivity index (χ1n) is 17.8. The second kappa shape index (κ2) is 21.1. The monoisotopic (exact) mass is 736 g/mol. The number of benzene rings is 3. The van der Waals surface area contributed by atoms with Gasteiger partial charge in [-0.25, -0.2) is 14.4 Å². The predicted octanol–water partition coefficient (Wildman–Crippen LogP) is 7.42. The van der Waals surface area contributed by atoms with Crippen molar-refractivity contribution in [1.29, 1.82) is 0 Å². The number of unbranched alkanes of at least 4 members (excludes halogenated alkanes) is 2. The summed E-state index contributed by atoms with van der Waals surface area (Å²) in [7, 11) is -3.07. The molecule has 2 unspecified atom stereocenters. The standard InChI is InChI=1S/C39H49N2O10P/c1-3-4-25-35(50-37(43)32-21-12-7-13-22-32)52(46,47-2)51-34(24-14-15-26-40-39(45)49-29-31-19-10-6-11-20-31)36(42)41-27-16-23-33(41)38(44)48-28-30-17-8-5-9-18-30/h5-13,17-22,33-35H,3-4,14-16,23-29H2,1-2H3,(H,40,45)/t33-,34-,35?,52?/m0/s1. The molecule has 1 N–H and O–H groups in total. The summed E-state index contributed by atoms with van der Waals surface area (Å²) < 4.78 is 42.7. The van der Waals surface area contributed by atoms with Crippen molar-refractivity contribution < 1.29 is 47.0 Å². The molecule has 0 radical (unpaired) electrons. The molecular formula is C39H49N2O10P. The largest absolute Gasteiger partial charge is 0.459 e. The van der Waals surface area contributed by atoms with E-state index in [0.29, 0.717) is 38.5 Å². The average Bonchev–Trinajstić information content (AvgIpc) is 3.68. The van der Waals surface area contributed by atoms with Gasteiger partial charge in [-0.15, -0.1) is 0 Å². The zero-order valence-corrected chi connectivity index (χ0v) is 30.7. The average molecular weight is 737 g/mol. The van der Waals surface area contributed by atoms with Gasteiger partial charge in [-0.2, -0.15) is 0 Å². The first-order chi connectivity index (χ1) is 25.2. The molecule has 0 aliphatic carbocycles. The Balaban J connectivity index is 1.46.